The van der Waals surface area contributed by atoms with E-state index in [9.17, 15) is 9.18 Å². The standard InChI is InChI=1S/C25H23FINO4/c1-30-23-13-16-11-12-28(25(29)19-5-3-4-6-21(19)27)22(20(16)14-24(23)31-2)15-32-18-9-7-17(26)8-10-18/h3-10,13-14,22H,11-12,15H2,1-2H3. The number of fused-ring (bicyclic) bond motifs is 1. The maximum Gasteiger partial charge on any atom is 0.255 e. The predicted octanol–water partition coefficient (Wildman–Crippen LogP) is 5.27. The van der Waals surface area contributed by atoms with Crippen LogP contribution in [-0.4, -0.2) is 38.2 Å². The molecule has 3 aromatic carbocycles. The number of methoxy groups -OCH3 is 2. The van der Waals surface area contributed by atoms with Crippen LogP contribution in [0, 0.1) is 9.39 Å². The molecule has 0 bridgehead atoms. The Morgan fingerprint density at radius 1 is 1.06 bits per heavy atom. The number of carbonyl (C=O) groups excluding carboxylic acids is 1. The average Bonchev–Trinajstić information content (AvgIpc) is 2.82. The number of ether oxygens (including phenoxy) is 3. The summed E-state index contributed by atoms with van der Waals surface area (Å²) in [4.78, 5) is 15.4. The van der Waals surface area contributed by atoms with E-state index in [1.165, 1.54) is 12.1 Å². The number of amides is 1. The molecular weight excluding hydrogens is 524 g/mol. The first-order valence-corrected chi connectivity index (χ1v) is 11.3. The molecule has 32 heavy (non-hydrogen) atoms. The Kier molecular flexibility index (Phi) is 6.83. The first-order valence-electron chi connectivity index (χ1n) is 10.2. The minimum absolute atomic E-state index is 0.0526. The molecule has 0 aromatic heterocycles. The Labute approximate surface area is 200 Å². The van der Waals surface area contributed by atoms with E-state index in [1.807, 2.05) is 41.3 Å². The van der Waals surface area contributed by atoms with Crippen molar-refractivity contribution in [2.45, 2.75) is 12.5 Å². The van der Waals surface area contributed by atoms with Gasteiger partial charge in [0.15, 0.2) is 11.5 Å². The molecule has 1 unspecified atom stereocenters. The highest BCUT2D eigenvalue weighted by atomic mass is 127. The van der Waals surface area contributed by atoms with E-state index in [0.717, 1.165) is 14.7 Å². The lowest BCUT2D eigenvalue weighted by Crippen LogP contribution is -2.42. The smallest absolute Gasteiger partial charge is 0.255 e. The van der Waals surface area contributed by atoms with E-state index in [2.05, 4.69) is 22.6 Å². The molecule has 0 saturated heterocycles. The quantitative estimate of drug-likeness (QED) is 0.395. The van der Waals surface area contributed by atoms with Gasteiger partial charge < -0.3 is 19.1 Å². The molecule has 0 saturated carbocycles. The predicted molar refractivity (Wildman–Crippen MR) is 128 cm³/mol. The Morgan fingerprint density at radius 2 is 1.75 bits per heavy atom. The Hall–Kier alpha value is -2.81. The highest BCUT2D eigenvalue weighted by molar-refractivity contribution is 14.1. The van der Waals surface area contributed by atoms with Crippen molar-refractivity contribution in [3.63, 3.8) is 0 Å². The maximum absolute atomic E-state index is 13.5. The lowest BCUT2D eigenvalue weighted by atomic mass is 9.91. The van der Waals surface area contributed by atoms with Crippen LogP contribution in [0.15, 0.2) is 60.7 Å². The van der Waals surface area contributed by atoms with Crippen molar-refractivity contribution in [1.82, 2.24) is 4.90 Å². The molecule has 1 heterocycles. The molecule has 1 amide bonds. The van der Waals surface area contributed by atoms with E-state index in [0.29, 0.717) is 35.8 Å². The number of hydrogen-bond donors (Lipinski definition) is 0. The third-order valence-electron chi connectivity index (χ3n) is 5.59. The van der Waals surface area contributed by atoms with Crippen LogP contribution in [0.3, 0.4) is 0 Å². The number of nitrogens with zero attached hydrogens (tertiary/aromatic N) is 1. The highest BCUT2D eigenvalue weighted by Crippen LogP contribution is 2.39. The molecule has 3 aromatic rings. The van der Waals surface area contributed by atoms with Crippen molar-refractivity contribution < 1.29 is 23.4 Å². The van der Waals surface area contributed by atoms with Crippen molar-refractivity contribution in [3.05, 3.63) is 86.7 Å². The van der Waals surface area contributed by atoms with Gasteiger partial charge in [-0.1, -0.05) is 12.1 Å². The molecule has 5 nitrogen and oxygen atoms in total. The molecule has 0 fully saturated rings. The molecule has 7 heteroatoms. The van der Waals surface area contributed by atoms with Gasteiger partial charge in [0.25, 0.3) is 5.91 Å². The summed E-state index contributed by atoms with van der Waals surface area (Å²) in [5.74, 6) is 1.42. The summed E-state index contributed by atoms with van der Waals surface area (Å²) in [5.41, 5.74) is 2.70. The van der Waals surface area contributed by atoms with Gasteiger partial charge in [-0.15, -0.1) is 0 Å². The maximum atomic E-state index is 13.5. The van der Waals surface area contributed by atoms with E-state index < -0.39 is 0 Å². The van der Waals surface area contributed by atoms with Gasteiger partial charge in [0, 0.05) is 10.1 Å². The van der Waals surface area contributed by atoms with E-state index >= 15 is 0 Å². The summed E-state index contributed by atoms with van der Waals surface area (Å²) in [6.07, 6.45) is 0.692. The van der Waals surface area contributed by atoms with E-state index in [-0.39, 0.29) is 24.4 Å². The van der Waals surface area contributed by atoms with Crippen LogP contribution in [0.5, 0.6) is 17.2 Å². The van der Waals surface area contributed by atoms with Crippen LogP contribution in [0.2, 0.25) is 0 Å². The molecule has 0 N–H and O–H groups in total. The molecule has 0 spiro atoms. The van der Waals surface area contributed by atoms with Crippen molar-refractivity contribution in [2.75, 3.05) is 27.4 Å². The summed E-state index contributed by atoms with van der Waals surface area (Å²) < 4.78 is 31.2. The molecule has 166 valence electrons. The van der Waals surface area contributed by atoms with Crippen LogP contribution < -0.4 is 14.2 Å². The summed E-state index contributed by atoms with van der Waals surface area (Å²) in [6.45, 7) is 0.771. The second kappa shape index (κ2) is 9.77. The largest absolute Gasteiger partial charge is 0.493 e. The summed E-state index contributed by atoms with van der Waals surface area (Å²) in [6, 6.07) is 17.0. The fourth-order valence-electron chi connectivity index (χ4n) is 3.95. The van der Waals surface area contributed by atoms with Gasteiger partial charge in [0.2, 0.25) is 0 Å². The lowest BCUT2D eigenvalue weighted by Gasteiger charge is -2.38. The van der Waals surface area contributed by atoms with Crippen LogP contribution >= 0.6 is 22.6 Å². The van der Waals surface area contributed by atoms with Crippen molar-refractivity contribution in [3.8, 4) is 17.2 Å². The topological polar surface area (TPSA) is 48.0 Å². The van der Waals surface area contributed by atoms with Crippen LogP contribution in [0.4, 0.5) is 4.39 Å². The van der Waals surface area contributed by atoms with Gasteiger partial charge >= 0.3 is 0 Å². The van der Waals surface area contributed by atoms with Gasteiger partial charge in [-0.05, 0) is 88.7 Å². The van der Waals surface area contributed by atoms with Gasteiger partial charge in [0.1, 0.15) is 18.2 Å². The second-order valence-electron chi connectivity index (χ2n) is 7.42. The van der Waals surface area contributed by atoms with Crippen molar-refractivity contribution >= 4 is 28.5 Å². The Bertz CT molecular complexity index is 1120. The highest BCUT2D eigenvalue weighted by Gasteiger charge is 2.34. The summed E-state index contributed by atoms with van der Waals surface area (Å²) in [5, 5.41) is 0. The van der Waals surface area contributed by atoms with Crippen molar-refractivity contribution in [2.24, 2.45) is 0 Å². The minimum atomic E-state index is -0.341. The molecule has 1 aliphatic heterocycles. The zero-order chi connectivity index (χ0) is 22.7. The van der Waals surface area contributed by atoms with E-state index in [1.54, 1.807) is 26.4 Å². The monoisotopic (exact) mass is 547 g/mol. The third-order valence-corrected chi connectivity index (χ3v) is 6.53. The molecular formula is C25H23FINO4. The first-order chi connectivity index (χ1) is 15.5. The number of hydrogen-bond acceptors (Lipinski definition) is 4. The Morgan fingerprint density at radius 3 is 2.44 bits per heavy atom. The lowest BCUT2D eigenvalue weighted by molar-refractivity contribution is 0.0588. The Balaban J connectivity index is 1.71. The molecule has 4 rings (SSSR count). The van der Waals surface area contributed by atoms with E-state index in [4.69, 9.17) is 14.2 Å². The fourth-order valence-corrected chi connectivity index (χ4v) is 4.56. The van der Waals surface area contributed by atoms with Gasteiger partial charge in [-0.25, -0.2) is 4.39 Å². The zero-order valence-corrected chi connectivity index (χ0v) is 20.0. The van der Waals surface area contributed by atoms with Crippen molar-refractivity contribution in [1.29, 1.82) is 0 Å². The summed E-state index contributed by atoms with van der Waals surface area (Å²) >= 11 is 2.18. The van der Waals surface area contributed by atoms with Crippen LogP contribution in [0.1, 0.15) is 27.5 Å². The molecule has 1 aliphatic rings. The number of benzene rings is 3. The molecule has 1 atom stereocenters. The second-order valence-corrected chi connectivity index (χ2v) is 8.58. The number of carbonyl (C=O) groups is 1. The molecule has 0 aliphatic carbocycles. The van der Waals surface area contributed by atoms with Gasteiger partial charge in [-0.3, -0.25) is 4.79 Å². The number of rotatable bonds is 6. The summed E-state index contributed by atoms with van der Waals surface area (Å²) in [7, 11) is 3.20. The third kappa shape index (κ3) is 4.53. The van der Waals surface area contributed by atoms with Gasteiger partial charge in [0.05, 0.1) is 25.8 Å². The van der Waals surface area contributed by atoms with Gasteiger partial charge in [-0.2, -0.15) is 0 Å². The minimum Gasteiger partial charge on any atom is -0.493 e. The SMILES string of the molecule is COc1cc2c(cc1OC)C(COc1ccc(F)cc1)N(C(=O)c1ccccc1I)CC2. The molecule has 0 radical (unpaired) electrons. The van der Waals surface area contributed by atoms with Crippen LogP contribution in [0.25, 0.3) is 0 Å². The van der Waals surface area contributed by atoms with Crippen LogP contribution in [-0.2, 0) is 6.42 Å². The average molecular weight is 547 g/mol. The number of halogens is 2. The first kappa shape index (κ1) is 22.4. The fraction of sp³-hybridized carbons (Fsp3) is 0.240. The normalized spacial score (nSPS) is 15.1. The zero-order valence-electron chi connectivity index (χ0n) is 17.8.